The van der Waals surface area contributed by atoms with E-state index in [1.807, 2.05) is 0 Å². The monoisotopic (exact) mass is 1350 g/mol. The summed E-state index contributed by atoms with van der Waals surface area (Å²) in [4.78, 5) is 167. The van der Waals surface area contributed by atoms with E-state index < -0.39 is 158 Å². The van der Waals surface area contributed by atoms with Gasteiger partial charge in [0.1, 0.15) is 48.3 Å². The fourth-order valence-electron chi connectivity index (χ4n) is 5.96. The van der Waals surface area contributed by atoms with Gasteiger partial charge in [0, 0.05) is 24.9 Å². The van der Waals surface area contributed by atoms with Gasteiger partial charge < -0.3 is 79.1 Å². The van der Waals surface area contributed by atoms with Crippen molar-refractivity contribution in [1.29, 1.82) is 0 Å². The summed E-state index contributed by atoms with van der Waals surface area (Å²) in [7, 11) is 1.89. The van der Waals surface area contributed by atoms with Crippen LogP contribution in [0.25, 0.3) is 0 Å². The summed E-state index contributed by atoms with van der Waals surface area (Å²) >= 11 is 17.3. The van der Waals surface area contributed by atoms with Crippen LogP contribution in [0.5, 0.6) is 0 Å². The summed E-state index contributed by atoms with van der Waals surface area (Å²) in [5.74, 6) is -13.8. The minimum atomic E-state index is -1.78. The van der Waals surface area contributed by atoms with Crippen molar-refractivity contribution in [2.45, 2.75) is 122 Å². The van der Waals surface area contributed by atoms with E-state index in [1.54, 1.807) is 27.7 Å². The third-order valence-electron chi connectivity index (χ3n) is 9.36. The fourth-order valence-corrected chi connectivity index (χ4v) is 8.30. The minimum absolute atomic E-state index is 0. The van der Waals surface area contributed by atoms with Crippen molar-refractivity contribution < 1.29 is 165 Å². The van der Waals surface area contributed by atoms with Gasteiger partial charge in [0.2, 0.25) is 70.9 Å². The summed E-state index contributed by atoms with van der Waals surface area (Å²) in [5.41, 5.74) is 10.7. The molecule has 1 aliphatic rings. The Kier molecular flexibility index (Phi) is 97.7. The molecule has 0 saturated carbocycles. The topological polar surface area (TPSA) is 435 Å². The Hall–Kier alpha value is 8.77. The molecule has 0 aromatic heterocycles. The quantitative estimate of drug-likeness (QED) is 0.0637. The molecule has 8 unspecified atom stereocenters. The zero-order valence-corrected chi connectivity index (χ0v) is 85.2. The number of carboxylic acids is 1. The molecule has 0 bridgehead atoms. The summed E-state index contributed by atoms with van der Waals surface area (Å²) in [5, 5.41) is 43.0. The number of aliphatic hydroxyl groups excluding tert-OH is 1. The van der Waals surface area contributed by atoms with Crippen molar-refractivity contribution >= 4 is 360 Å². The second kappa shape index (κ2) is 73.5. The first kappa shape index (κ1) is 110. The van der Waals surface area contributed by atoms with E-state index in [2.05, 4.69) is 53.2 Å². The van der Waals surface area contributed by atoms with Crippen LogP contribution >= 0.6 is 21.6 Å². The predicted molar refractivity (Wildman–Crippen MR) is 316 cm³/mol. The standard InChI is InChI=1S/C39H64N12O15S2.15Na.3H/c1-17(2)9-22-37(64)44-19(5)33(60)48-24(11-31(57)58)34(61)42-13-30(56)47-26(32(41)59)15-67-68-16-27(45-20(6)53)35(62)43-12-29(55)46-21(7-8-28(40)54)36(63)49-23(10-18(3)4)38(65)51-25(14-52)39(66)50-22;;;;;;;;;;;;;;;;;;/h17-19,21-27,52H,7-16H2,1-6H3,(H2,40,54)(H2,41,59)(H,42,61)(H,43,62)(H,44,64)(H,45,53)(H,46,55)(H,47,56)(H,48,60)(H,49,63)(H,50,66)(H,51,65)(H,57,58);;;;;;;;;;;;;;;;;;/q;;;;;;;;;;;;;3*+1;3*-1. The summed E-state index contributed by atoms with van der Waals surface area (Å²) < 4.78 is 0. The van der Waals surface area contributed by atoms with Gasteiger partial charge in [-0.1, -0.05) is 49.3 Å². The maximum atomic E-state index is 13.7. The Morgan fingerprint density at radius 3 is 1.36 bits per heavy atom. The van der Waals surface area contributed by atoms with Crippen molar-refractivity contribution in [2.75, 3.05) is 31.2 Å². The summed E-state index contributed by atoms with van der Waals surface area (Å²) in [6, 6.07) is -11.9. The molecule has 27 nitrogen and oxygen atoms in total. The number of rotatable bonds is 12. The number of nitrogens with one attached hydrogen (secondary N) is 10. The zero-order valence-electron chi connectivity index (χ0n) is 56.5. The van der Waals surface area contributed by atoms with Crippen LogP contribution in [0.1, 0.15) is 77.9 Å². The van der Waals surface area contributed by atoms with Gasteiger partial charge in [-0.25, -0.2) is 0 Å². The molecule has 400 valence electrons. The average Bonchev–Trinajstić information content (AvgIpc) is 3.41. The fraction of sp³-hybridized carbons (Fsp3) is 0.667. The number of primary amides is 2. The molecule has 1 heterocycles. The van der Waals surface area contributed by atoms with Crippen molar-refractivity contribution in [3.63, 3.8) is 0 Å². The molecule has 0 aromatic rings. The number of carboxylic acid groups (broad SMARTS) is 1. The molecule has 44 heteroatoms. The molecule has 16 N–H and O–H groups in total. The van der Waals surface area contributed by atoms with Crippen molar-refractivity contribution in [1.82, 2.24) is 53.2 Å². The number of nitrogens with two attached hydrogens (primary N) is 2. The average molecular weight is 1350 g/mol. The molecular formula is C39H67N12Na15O15S2. The van der Waals surface area contributed by atoms with Gasteiger partial charge in [-0.2, -0.15) is 0 Å². The van der Waals surface area contributed by atoms with Gasteiger partial charge in [-0.05, 0) is 38.0 Å². The van der Waals surface area contributed by atoms with E-state index in [1.165, 1.54) is 269 Å². The van der Waals surface area contributed by atoms with Crippen LogP contribution in [0.2, 0.25) is 0 Å². The van der Waals surface area contributed by atoms with Crippen molar-refractivity contribution in [3.05, 3.63) is 0 Å². The number of carbonyl (C=O) groups excluding carboxylic acids is 12. The van der Waals surface area contributed by atoms with Crippen LogP contribution in [0.15, 0.2) is 0 Å². The van der Waals surface area contributed by atoms with E-state index in [0.29, 0.717) is 0 Å². The predicted octanol–water partition coefficient (Wildman–Crippen LogP) is -19.4. The van der Waals surface area contributed by atoms with Gasteiger partial charge in [-0.15, -0.1) is 0 Å². The molecule has 1 rings (SSSR count). The maximum absolute atomic E-state index is 13.7. The number of carbonyl (C=O) groups is 13. The summed E-state index contributed by atoms with van der Waals surface area (Å²) in [6.45, 7) is 6.54. The van der Waals surface area contributed by atoms with E-state index in [9.17, 15) is 72.5 Å². The molecule has 1 fully saturated rings. The van der Waals surface area contributed by atoms with Gasteiger partial charge in [0.15, 0.2) is 0 Å². The van der Waals surface area contributed by atoms with Crippen LogP contribution < -0.4 is 153 Å². The SMILES string of the molecule is CC(=O)NC1CSSCC(C(N)=O)NC(=O)CNC(=O)C(CC(=O)O)NC(=O)C(C)NC(=O)C(CC(C)C)NC(=O)C(CO)NC(=O)C(CC(C)C)NC(=O)C(CCC(N)=O)NC(=O)CNC1=O.[H-].[H-].[H-].[Na+].[Na+].[Na+].[Na][Na].[Na][Na].[Na][Na].[Na][Na].[Na][Na].[Na][Na]. The number of amides is 12. The summed E-state index contributed by atoms with van der Waals surface area (Å²) in [6.07, 6.45) is -1.82. The first-order valence-electron chi connectivity index (χ1n) is 27.3. The Morgan fingerprint density at radius 2 is 0.952 bits per heavy atom. The van der Waals surface area contributed by atoms with Crippen LogP contribution in [0.4, 0.5) is 0 Å². The van der Waals surface area contributed by atoms with Crippen LogP contribution in [-0.4, -0.2) is 428 Å². The van der Waals surface area contributed by atoms with Gasteiger partial charge in [0.25, 0.3) is 0 Å². The second-order valence-electron chi connectivity index (χ2n) is 16.4. The molecule has 0 aromatic carbocycles. The third kappa shape index (κ3) is 60.5. The van der Waals surface area contributed by atoms with E-state index in [0.717, 1.165) is 28.5 Å². The Morgan fingerprint density at radius 1 is 0.566 bits per heavy atom. The Labute approximate surface area is 737 Å². The molecule has 12 amide bonds. The molecular weight excluding hydrogens is 1290 g/mol. The Balaban J connectivity index is -0.000000285. The number of hydrogen-bond acceptors (Lipinski definition) is 16. The number of hydrogen-bond donors (Lipinski definition) is 14. The van der Waals surface area contributed by atoms with Crippen molar-refractivity contribution in [2.24, 2.45) is 23.3 Å². The molecule has 83 heavy (non-hydrogen) atoms. The molecule has 0 radical (unpaired) electrons. The van der Waals surface area contributed by atoms with Gasteiger partial charge >= 0.3 is 356 Å². The molecule has 1 saturated heterocycles. The number of aliphatic carboxylic acids is 1. The van der Waals surface area contributed by atoms with Gasteiger partial charge in [0.05, 0.1) is 26.1 Å². The van der Waals surface area contributed by atoms with Crippen molar-refractivity contribution in [3.8, 4) is 0 Å². The van der Waals surface area contributed by atoms with E-state index in [4.69, 9.17) is 11.5 Å². The van der Waals surface area contributed by atoms with E-state index >= 15 is 0 Å². The molecule has 0 spiro atoms. The third-order valence-corrected chi connectivity index (χ3v) is 11.8. The number of aliphatic hydroxyl groups is 1. The van der Waals surface area contributed by atoms with Gasteiger partial charge in [-0.3, -0.25) is 62.3 Å². The molecule has 8 atom stereocenters. The van der Waals surface area contributed by atoms with Crippen LogP contribution in [0, 0.1) is 11.8 Å². The first-order valence-corrected chi connectivity index (χ1v) is 77.8. The van der Waals surface area contributed by atoms with Crippen LogP contribution in [0.3, 0.4) is 0 Å². The normalized spacial score (nSPS) is 21.5. The Bertz CT molecular complexity index is 1950. The second-order valence-corrected chi connectivity index (χ2v) is 19.0. The molecule has 1 aliphatic heterocycles. The van der Waals surface area contributed by atoms with Crippen LogP contribution in [-0.2, 0) is 62.3 Å². The first-order chi connectivity index (χ1) is 37.7. The molecule has 0 aliphatic carbocycles. The zero-order chi connectivity index (χ0) is 63.8. The van der Waals surface area contributed by atoms with E-state index in [-0.39, 0.29) is 136 Å².